The van der Waals surface area contributed by atoms with Gasteiger partial charge in [-0.3, -0.25) is 4.90 Å². The summed E-state index contributed by atoms with van der Waals surface area (Å²) in [6.07, 6.45) is 2.47. The summed E-state index contributed by atoms with van der Waals surface area (Å²) in [7, 11) is 0. The second kappa shape index (κ2) is 9.19. The van der Waals surface area contributed by atoms with Gasteiger partial charge in [-0.15, -0.1) is 0 Å². The molecule has 1 heterocycles. The van der Waals surface area contributed by atoms with E-state index in [0.717, 1.165) is 19.6 Å². The Bertz CT molecular complexity index is 397. The maximum Gasteiger partial charge on any atom is 0.0238 e. The van der Waals surface area contributed by atoms with Crippen LogP contribution in [0.15, 0.2) is 24.3 Å². The fourth-order valence-electron chi connectivity index (χ4n) is 3.01. The van der Waals surface area contributed by atoms with Gasteiger partial charge in [0.2, 0.25) is 0 Å². The number of benzene rings is 1. The fourth-order valence-corrected chi connectivity index (χ4v) is 3.01. The summed E-state index contributed by atoms with van der Waals surface area (Å²) in [4.78, 5) is 5.19. The van der Waals surface area contributed by atoms with E-state index in [0.29, 0.717) is 0 Å². The summed E-state index contributed by atoms with van der Waals surface area (Å²) in [5.74, 6) is 0. The summed E-state index contributed by atoms with van der Waals surface area (Å²) < 4.78 is 0. The van der Waals surface area contributed by atoms with Gasteiger partial charge in [-0.25, -0.2) is 0 Å². The Morgan fingerprint density at radius 2 is 1.57 bits per heavy atom. The molecule has 2 rings (SSSR count). The van der Waals surface area contributed by atoms with Crippen LogP contribution in [0.5, 0.6) is 0 Å². The summed E-state index contributed by atoms with van der Waals surface area (Å²) in [6.45, 7) is 13.8. The Kier molecular flexibility index (Phi) is 7.20. The summed E-state index contributed by atoms with van der Waals surface area (Å²) in [5, 5.41) is 3.53. The van der Waals surface area contributed by atoms with Gasteiger partial charge in [-0.2, -0.15) is 0 Å². The highest BCUT2D eigenvalue weighted by Gasteiger charge is 2.16. The van der Waals surface area contributed by atoms with E-state index in [-0.39, 0.29) is 0 Å². The van der Waals surface area contributed by atoms with Crippen molar-refractivity contribution in [2.45, 2.75) is 39.8 Å². The first-order valence-corrected chi connectivity index (χ1v) is 8.55. The quantitative estimate of drug-likeness (QED) is 0.742. The molecular formula is C18H31N3. The highest BCUT2D eigenvalue weighted by molar-refractivity contribution is 5.27. The first-order chi connectivity index (χ1) is 10.3. The molecule has 118 valence electrons. The summed E-state index contributed by atoms with van der Waals surface area (Å²) >= 11 is 0. The number of nitrogens with one attached hydrogen (secondary N) is 1. The van der Waals surface area contributed by atoms with Crippen LogP contribution in [0, 0.1) is 0 Å². The van der Waals surface area contributed by atoms with E-state index in [1.54, 1.807) is 0 Å². The third-order valence-electron chi connectivity index (χ3n) is 4.26. The zero-order valence-corrected chi connectivity index (χ0v) is 13.8. The third kappa shape index (κ3) is 5.42. The van der Waals surface area contributed by atoms with Gasteiger partial charge in [0, 0.05) is 39.3 Å². The lowest BCUT2D eigenvalue weighted by Crippen LogP contribution is -2.46. The van der Waals surface area contributed by atoms with Crippen molar-refractivity contribution < 1.29 is 0 Å². The number of piperazine rings is 1. The molecule has 0 aliphatic carbocycles. The van der Waals surface area contributed by atoms with Gasteiger partial charge in [0.05, 0.1) is 0 Å². The Morgan fingerprint density at radius 3 is 2.24 bits per heavy atom. The highest BCUT2D eigenvalue weighted by Crippen LogP contribution is 2.13. The molecule has 21 heavy (non-hydrogen) atoms. The molecule has 0 amide bonds. The largest absolute Gasteiger partial charge is 0.313 e. The molecule has 0 aromatic heterocycles. The van der Waals surface area contributed by atoms with Crippen LogP contribution in [-0.2, 0) is 13.1 Å². The molecule has 0 spiro atoms. The van der Waals surface area contributed by atoms with Crippen molar-refractivity contribution >= 4 is 0 Å². The first kappa shape index (κ1) is 16.5. The highest BCUT2D eigenvalue weighted by atomic mass is 15.3. The van der Waals surface area contributed by atoms with Crippen LogP contribution in [0.1, 0.15) is 37.8 Å². The molecule has 0 saturated carbocycles. The van der Waals surface area contributed by atoms with Crippen molar-refractivity contribution in [2.24, 2.45) is 0 Å². The summed E-state index contributed by atoms with van der Waals surface area (Å²) in [6, 6.07) is 8.89. The zero-order chi connectivity index (χ0) is 14.9. The van der Waals surface area contributed by atoms with Crippen molar-refractivity contribution in [3.05, 3.63) is 35.4 Å². The van der Waals surface area contributed by atoms with Crippen LogP contribution in [0.3, 0.4) is 0 Å². The molecule has 1 fully saturated rings. The average Bonchev–Trinajstić information content (AvgIpc) is 2.51. The van der Waals surface area contributed by atoms with E-state index in [4.69, 9.17) is 0 Å². The minimum Gasteiger partial charge on any atom is -0.313 e. The van der Waals surface area contributed by atoms with Crippen LogP contribution < -0.4 is 5.32 Å². The standard InChI is InChI=1S/C18H31N3/c1-3-9-19-15-17-7-5-6-8-18(17)16-21-13-11-20(10-4-2)12-14-21/h5-8,19H,3-4,9-16H2,1-2H3. The normalized spacial score (nSPS) is 17.2. The van der Waals surface area contributed by atoms with Crippen LogP contribution in [0.2, 0.25) is 0 Å². The predicted molar refractivity (Wildman–Crippen MR) is 90.4 cm³/mol. The van der Waals surface area contributed by atoms with Gasteiger partial charge in [0.25, 0.3) is 0 Å². The SMILES string of the molecule is CCCNCc1ccccc1CN1CCN(CCC)CC1. The lowest BCUT2D eigenvalue weighted by atomic mass is 10.1. The average molecular weight is 289 g/mol. The van der Waals surface area contributed by atoms with Gasteiger partial charge >= 0.3 is 0 Å². The molecule has 0 radical (unpaired) electrons. The van der Waals surface area contributed by atoms with Crippen LogP contribution in [0.25, 0.3) is 0 Å². The molecule has 1 aliphatic heterocycles. The molecule has 1 aromatic rings. The maximum absolute atomic E-state index is 3.53. The minimum atomic E-state index is 1.000. The lowest BCUT2D eigenvalue weighted by Gasteiger charge is -2.34. The van der Waals surface area contributed by atoms with E-state index < -0.39 is 0 Å². The van der Waals surface area contributed by atoms with Crippen LogP contribution >= 0.6 is 0 Å². The Balaban J connectivity index is 1.85. The second-order valence-electron chi connectivity index (χ2n) is 6.06. The Hall–Kier alpha value is -0.900. The van der Waals surface area contributed by atoms with Gasteiger partial charge in [0.15, 0.2) is 0 Å². The third-order valence-corrected chi connectivity index (χ3v) is 4.26. The zero-order valence-electron chi connectivity index (χ0n) is 13.8. The monoisotopic (exact) mass is 289 g/mol. The van der Waals surface area contributed by atoms with Gasteiger partial charge < -0.3 is 10.2 Å². The van der Waals surface area contributed by atoms with Crippen molar-refractivity contribution in [1.82, 2.24) is 15.1 Å². The van der Waals surface area contributed by atoms with Crippen molar-refractivity contribution in [2.75, 3.05) is 39.3 Å². The topological polar surface area (TPSA) is 18.5 Å². The van der Waals surface area contributed by atoms with Crippen LogP contribution in [-0.4, -0.2) is 49.1 Å². The summed E-state index contributed by atoms with van der Waals surface area (Å²) in [5.41, 5.74) is 2.95. The molecule has 3 heteroatoms. The predicted octanol–water partition coefficient (Wildman–Crippen LogP) is 2.71. The van der Waals surface area contributed by atoms with Crippen molar-refractivity contribution in [1.29, 1.82) is 0 Å². The Labute approximate surface area is 130 Å². The number of hydrogen-bond acceptors (Lipinski definition) is 3. The molecule has 0 atom stereocenters. The smallest absolute Gasteiger partial charge is 0.0238 e. The Morgan fingerprint density at radius 1 is 0.905 bits per heavy atom. The lowest BCUT2D eigenvalue weighted by molar-refractivity contribution is 0.127. The van der Waals surface area contributed by atoms with E-state index >= 15 is 0 Å². The molecule has 3 nitrogen and oxygen atoms in total. The fraction of sp³-hybridized carbons (Fsp3) is 0.667. The van der Waals surface area contributed by atoms with Crippen LogP contribution in [0.4, 0.5) is 0 Å². The number of rotatable bonds is 8. The van der Waals surface area contributed by atoms with Crippen molar-refractivity contribution in [3.8, 4) is 0 Å². The minimum absolute atomic E-state index is 1.000. The molecule has 0 unspecified atom stereocenters. The molecular weight excluding hydrogens is 258 g/mol. The van der Waals surface area contributed by atoms with Gasteiger partial charge in [0.1, 0.15) is 0 Å². The van der Waals surface area contributed by atoms with E-state index in [1.165, 1.54) is 56.7 Å². The number of nitrogens with zero attached hydrogens (tertiary/aromatic N) is 2. The second-order valence-corrected chi connectivity index (χ2v) is 6.06. The van der Waals surface area contributed by atoms with Gasteiger partial charge in [-0.05, 0) is 37.1 Å². The molecule has 1 N–H and O–H groups in total. The molecule has 1 saturated heterocycles. The molecule has 1 aliphatic rings. The maximum atomic E-state index is 3.53. The number of hydrogen-bond donors (Lipinski definition) is 1. The first-order valence-electron chi connectivity index (χ1n) is 8.55. The molecule has 0 bridgehead atoms. The van der Waals surface area contributed by atoms with Gasteiger partial charge in [-0.1, -0.05) is 38.1 Å². The van der Waals surface area contributed by atoms with E-state index in [1.807, 2.05) is 0 Å². The van der Waals surface area contributed by atoms with E-state index in [2.05, 4.69) is 53.2 Å². The molecule has 1 aromatic carbocycles. The van der Waals surface area contributed by atoms with Crippen molar-refractivity contribution in [3.63, 3.8) is 0 Å². The van der Waals surface area contributed by atoms with E-state index in [9.17, 15) is 0 Å².